The zero-order valence-electron chi connectivity index (χ0n) is 25.7. The Labute approximate surface area is 249 Å². The second-order valence-corrected chi connectivity index (χ2v) is 12.1. The molecule has 3 unspecified atom stereocenters. The zero-order valence-corrected chi connectivity index (χ0v) is 25.7. The Bertz CT molecular complexity index is 997. The van der Waals surface area contributed by atoms with Crippen molar-refractivity contribution in [3.63, 3.8) is 0 Å². The summed E-state index contributed by atoms with van der Waals surface area (Å²) in [5, 5.41) is 26.5. The molecule has 1 aliphatic rings. The maximum atomic E-state index is 13.1. The van der Waals surface area contributed by atoms with Crippen LogP contribution in [0.5, 0.6) is 5.75 Å². The highest BCUT2D eigenvalue weighted by molar-refractivity contribution is 5.96. The summed E-state index contributed by atoms with van der Waals surface area (Å²) in [6.07, 6.45) is 2.11. The third kappa shape index (κ3) is 11.0. The summed E-state index contributed by atoms with van der Waals surface area (Å²) in [6.45, 7) is 9.18. The molecule has 0 heterocycles. The Morgan fingerprint density at radius 2 is 1.79 bits per heavy atom. The van der Waals surface area contributed by atoms with Gasteiger partial charge in [-0.1, -0.05) is 39.8 Å². The van der Waals surface area contributed by atoms with Crippen LogP contribution in [0.1, 0.15) is 76.6 Å². The van der Waals surface area contributed by atoms with Gasteiger partial charge < -0.3 is 35.8 Å². The van der Waals surface area contributed by atoms with Crippen LogP contribution in [0.4, 0.5) is 0 Å². The molecule has 0 saturated heterocycles. The molecule has 1 aromatic rings. The molecule has 2 amide bonds. The number of nitrogens with one attached hydrogen (secondary N) is 2. The number of rotatable bonds is 18. The van der Waals surface area contributed by atoms with Gasteiger partial charge in [0.1, 0.15) is 11.9 Å². The Kier molecular flexibility index (Phi) is 14.5. The molecule has 238 valence electrons. The van der Waals surface area contributed by atoms with Crippen LogP contribution in [0.2, 0.25) is 0 Å². The molecule has 0 aliphatic heterocycles. The lowest BCUT2D eigenvalue weighted by Gasteiger charge is -2.38. The van der Waals surface area contributed by atoms with E-state index < -0.39 is 28.8 Å². The van der Waals surface area contributed by atoms with Crippen LogP contribution in [0, 0.1) is 33.3 Å². The molecule has 2 rings (SSSR count). The fraction of sp³-hybridized carbons (Fsp3) is 0.733. The third-order valence-electron chi connectivity index (χ3n) is 8.41. The molecule has 12 heteroatoms. The molecule has 0 spiro atoms. The van der Waals surface area contributed by atoms with Gasteiger partial charge in [0, 0.05) is 44.7 Å². The average molecular weight is 595 g/mol. The number of amides is 2. The maximum absolute atomic E-state index is 13.1. The smallest absolute Gasteiger partial charge is 0.294 e. The molecule has 1 aliphatic carbocycles. The van der Waals surface area contributed by atoms with Gasteiger partial charge in [-0.05, 0) is 62.0 Å². The number of hydrogen-bond acceptors (Lipinski definition) is 9. The number of aliphatic hydroxyl groups excluding tert-OH is 1. The van der Waals surface area contributed by atoms with E-state index in [1.807, 2.05) is 33.8 Å². The second-order valence-electron chi connectivity index (χ2n) is 12.1. The molecule has 1 aromatic carbocycles. The van der Waals surface area contributed by atoms with E-state index in [9.17, 15) is 24.8 Å². The highest BCUT2D eigenvalue weighted by Crippen LogP contribution is 2.39. The highest BCUT2D eigenvalue weighted by atomic mass is 17.0. The van der Waals surface area contributed by atoms with Gasteiger partial charge in [0.15, 0.2) is 0 Å². The summed E-state index contributed by atoms with van der Waals surface area (Å²) in [6, 6.07) is 6.48. The Hall–Kier alpha value is -2.96. The van der Waals surface area contributed by atoms with Crippen LogP contribution in [-0.4, -0.2) is 73.7 Å². The highest BCUT2D eigenvalue weighted by Gasteiger charge is 2.39. The van der Waals surface area contributed by atoms with Crippen molar-refractivity contribution in [2.75, 3.05) is 33.4 Å². The molecule has 0 bridgehead atoms. The number of aliphatic hydroxyl groups is 1. The minimum atomic E-state index is -0.966. The number of carbonyl (C=O) groups is 2. The van der Waals surface area contributed by atoms with Crippen LogP contribution >= 0.6 is 0 Å². The summed E-state index contributed by atoms with van der Waals surface area (Å²) in [5.74, 6) is 0.304. The number of methoxy groups -OCH3 is 1. The standard InChI is InChI=1S/C30H50N4O8/c1-20(2)21(18-32-28(36)24-9-6-7-10-27(24)41-16-8-15-40-5)17-25(31)26(35)19-33-29(37)30(3,4)22-11-13-23(14-12-22)42-34(38)39/h6-7,9-10,20-23,25-26,35H,8,11-19,31H2,1-5H3,(H,32,36)(H,33,37). The number of para-hydroxylation sites is 1. The summed E-state index contributed by atoms with van der Waals surface area (Å²) in [7, 11) is 1.63. The Morgan fingerprint density at radius 3 is 2.40 bits per heavy atom. The normalized spacial score (nSPS) is 19.4. The summed E-state index contributed by atoms with van der Waals surface area (Å²) in [5.41, 5.74) is 6.10. The summed E-state index contributed by atoms with van der Waals surface area (Å²) in [4.78, 5) is 41.3. The predicted octanol–water partition coefficient (Wildman–Crippen LogP) is 3.09. The summed E-state index contributed by atoms with van der Waals surface area (Å²) < 4.78 is 10.8. The van der Waals surface area contributed by atoms with E-state index in [4.69, 9.17) is 15.2 Å². The first-order valence-corrected chi connectivity index (χ1v) is 14.9. The topological polar surface area (TPSA) is 175 Å². The average Bonchev–Trinajstić information content (AvgIpc) is 2.95. The van der Waals surface area contributed by atoms with Crippen LogP contribution in [0.15, 0.2) is 24.3 Å². The van der Waals surface area contributed by atoms with Crippen LogP contribution in [-0.2, 0) is 14.4 Å². The summed E-state index contributed by atoms with van der Waals surface area (Å²) >= 11 is 0. The SMILES string of the molecule is COCCCOc1ccccc1C(=O)NCC(CC(N)C(O)CNC(=O)C(C)(C)C1CCC(O[N+](=O)[O-])CC1)C(C)C. The zero-order chi connectivity index (χ0) is 31.3. The van der Waals surface area contributed by atoms with Crippen molar-refractivity contribution in [1.29, 1.82) is 0 Å². The van der Waals surface area contributed by atoms with Crippen LogP contribution in [0.25, 0.3) is 0 Å². The monoisotopic (exact) mass is 594 g/mol. The number of ether oxygens (including phenoxy) is 2. The Balaban J connectivity index is 1.85. The molecule has 0 radical (unpaired) electrons. The largest absolute Gasteiger partial charge is 0.493 e. The number of hydrogen-bond donors (Lipinski definition) is 4. The van der Waals surface area contributed by atoms with Gasteiger partial charge >= 0.3 is 0 Å². The van der Waals surface area contributed by atoms with E-state index in [2.05, 4.69) is 15.5 Å². The van der Waals surface area contributed by atoms with Gasteiger partial charge in [0.2, 0.25) is 5.91 Å². The van der Waals surface area contributed by atoms with Gasteiger partial charge in [-0.15, -0.1) is 10.1 Å². The first-order valence-electron chi connectivity index (χ1n) is 14.9. The van der Waals surface area contributed by atoms with Crippen LogP contribution < -0.4 is 21.1 Å². The lowest BCUT2D eigenvalue weighted by Crippen LogP contribution is -2.50. The number of benzene rings is 1. The van der Waals surface area contributed by atoms with Gasteiger partial charge in [-0.3, -0.25) is 9.59 Å². The molecule has 3 atom stereocenters. The number of nitrogens with two attached hydrogens (primary N) is 1. The van der Waals surface area contributed by atoms with E-state index in [1.165, 1.54) is 0 Å². The molecule has 5 N–H and O–H groups in total. The lowest BCUT2D eigenvalue weighted by molar-refractivity contribution is -0.769. The molecular formula is C30H50N4O8. The van der Waals surface area contributed by atoms with Crippen molar-refractivity contribution in [3.05, 3.63) is 39.9 Å². The lowest BCUT2D eigenvalue weighted by atomic mass is 9.70. The van der Waals surface area contributed by atoms with Crippen molar-refractivity contribution >= 4 is 11.8 Å². The van der Waals surface area contributed by atoms with Crippen molar-refractivity contribution in [3.8, 4) is 5.75 Å². The van der Waals surface area contributed by atoms with E-state index in [0.29, 0.717) is 69.6 Å². The number of carbonyl (C=O) groups excluding carboxylic acids is 2. The minimum absolute atomic E-state index is 0.00269. The van der Waals surface area contributed by atoms with Gasteiger partial charge in [0.05, 0.1) is 18.3 Å². The fourth-order valence-electron chi connectivity index (χ4n) is 5.36. The van der Waals surface area contributed by atoms with Gasteiger partial charge in [0.25, 0.3) is 11.0 Å². The van der Waals surface area contributed by atoms with E-state index in [0.717, 1.165) is 0 Å². The minimum Gasteiger partial charge on any atom is -0.493 e. The second kappa shape index (κ2) is 17.2. The van der Waals surface area contributed by atoms with Gasteiger partial charge in [-0.25, -0.2) is 0 Å². The van der Waals surface area contributed by atoms with Crippen molar-refractivity contribution in [1.82, 2.24) is 10.6 Å². The first-order chi connectivity index (χ1) is 19.9. The van der Waals surface area contributed by atoms with Crippen molar-refractivity contribution < 1.29 is 34.1 Å². The molecule has 0 aromatic heterocycles. The third-order valence-corrected chi connectivity index (χ3v) is 8.41. The number of nitrogens with zero attached hydrogens (tertiary/aromatic N) is 1. The molecular weight excluding hydrogens is 544 g/mol. The van der Waals surface area contributed by atoms with E-state index in [-0.39, 0.29) is 36.1 Å². The first kappa shape index (κ1) is 35.2. The van der Waals surface area contributed by atoms with E-state index in [1.54, 1.807) is 25.3 Å². The molecule has 1 fully saturated rings. The van der Waals surface area contributed by atoms with Crippen molar-refractivity contribution in [2.45, 2.75) is 84.5 Å². The Morgan fingerprint density at radius 1 is 1.12 bits per heavy atom. The van der Waals surface area contributed by atoms with Gasteiger partial charge in [-0.2, -0.15) is 0 Å². The maximum Gasteiger partial charge on any atom is 0.294 e. The molecule has 42 heavy (non-hydrogen) atoms. The van der Waals surface area contributed by atoms with Crippen molar-refractivity contribution in [2.24, 2.45) is 28.9 Å². The quantitative estimate of drug-likeness (QED) is 0.113. The molecule has 12 nitrogen and oxygen atoms in total. The van der Waals surface area contributed by atoms with Crippen LogP contribution in [0.3, 0.4) is 0 Å². The molecule has 1 saturated carbocycles. The fourth-order valence-corrected chi connectivity index (χ4v) is 5.36. The van der Waals surface area contributed by atoms with E-state index >= 15 is 0 Å². The predicted molar refractivity (Wildman–Crippen MR) is 158 cm³/mol.